The number of rotatable bonds is 5. The van der Waals surface area contributed by atoms with Crippen LogP contribution in [-0.2, 0) is 7.05 Å². The second-order valence-electron chi connectivity index (χ2n) is 3.67. The van der Waals surface area contributed by atoms with Gasteiger partial charge < -0.3 is 0 Å². The maximum Gasteiger partial charge on any atom is 0.0540 e. The molecule has 0 aliphatic heterocycles. The van der Waals surface area contributed by atoms with E-state index >= 15 is 0 Å². The van der Waals surface area contributed by atoms with Crippen LogP contribution in [0.4, 0.5) is 0 Å². The molecular weight excluding hydrogens is 176 g/mol. The molecule has 1 rings (SSSR count). The van der Waals surface area contributed by atoms with E-state index in [9.17, 15) is 0 Å². The van der Waals surface area contributed by atoms with Crippen molar-refractivity contribution in [2.45, 2.75) is 39.2 Å². The molecule has 0 aliphatic rings. The molecule has 14 heavy (non-hydrogen) atoms. The van der Waals surface area contributed by atoms with Gasteiger partial charge in [-0.25, -0.2) is 0 Å². The summed E-state index contributed by atoms with van der Waals surface area (Å²) in [5.74, 6) is 5.54. The zero-order chi connectivity index (χ0) is 10.6. The number of nitrogens with zero attached hydrogens (tertiary/aromatic N) is 2. The van der Waals surface area contributed by atoms with E-state index in [-0.39, 0.29) is 6.04 Å². The summed E-state index contributed by atoms with van der Waals surface area (Å²) in [5.41, 5.74) is 5.25. The second-order valence-corrected chi connectivity index (χ2v) is 3.67. The molecule has 1 atom stereocenters. The smallest absolute Gasteiger partial charge is 0.0540 e. The molecule has 1 unspecified atom stereocenters. The van der Waals surface area contributed by atoms with Crippen LogP contribution in [-0.4, -0.2) is 9.78 Å². The lowest BCUT2D eigenvalue weighted by Gasteiger charge is -2.14. The molecule has 0 saturated carbocycles. The van der Waals surface area contributed by atoms with Crippen molar-refractivity contribution < 1.29 is 0 Å². The zero-order valence-electron chi connectivity index (χ0n) is 9.25. The number of nitrogens with two attached hydrogens (primary N) is 1. The zero-order valence-corrected chi connectivity index (χ0v) is 9.25. The van der Waals surface area contributed by atoms with Gasteiger partial charge in [-0.1, -0.05) is 19.8 Å². The van der Waals surface area contributed by atoms with Gasteiger partial charge in [-0.3, -0.25) is 16.0 Å². The van der Waals surface area contributed by atoms with E-state index in [4.69, 9.17) is 5.84 Å². The van der Waals surface area contributed by atoms with E-state index in [1.807, 2.05) is 17.9 Å². The van der Waals surface area contributed by atoms with Crippen molar-refractivity contribution in [3.8, 4) is 0 Å². The Morgan fingerprint density at radius 3 is 2.79 bits per heavy atom. The summed E-state index contributed by atoms with van der Waals surface area (Å²) in [6.45, 7) is 4.25. The Balaban J connectivity index is 2.73. The van der Waals surface area contributed by atoms with Gasteiger partial charge in [-0.15, -0.1) is 0 Å². The summed E-state index contributed by atoms with van der Waals surface area (Å²) < 4.78 is 1.88. The minimum atomic E-state index is 0.239. The topological polar surface area (TPSA) is 55.9 Å². The fourth-order valence-electron chi connectivity index (χ4n) is 1.59. The molecule has 0 saturated heterocycles. The summed E-state index contributed by atoms with van der Waals surface area (Å²) in [6, 6.07) is 0.239. The highest BCUT2D eigenvalue weighted by Crippen LogP contribution is 2.20. The Bertz CT molecular complexity index is 280. The quantitative estimate of drug-likeness (QED) is 0.553. The van der Waals surface area contributed by atoms with Gasteiger partial charge in [0.05, 0.1) is 6.20 Å². The van der Waals surface area contributed by atoms with Gasteiger partial charge in [0.15, 0.2) is 0 Å². The highest BCUT2D eigenvalue weighted by atomic mass is 15.3. The third-order valence-electron chi connectivity index (χ3n) is 2.70. The monoisotopic (exact) mass is 196 g/mol. The largest absolute Gasteiger partial charge is 0.273 e. The Morgan fingerprint density at radius 1 is 1.64 bits per heavy atom. The molecule has 0 aromatic carbocycles. The number of hydrogen-bond donors (Lipinski definition) is 2. The standard InChI is InChI=1S/C10H20N4/c1-4-5-6-10(13-11)9-7-12-14(3)8(9)2/h7,10,13H,4-6,11H2,1-3H3. The van der Waals surface area contributed by atoms with Crippen LogP contribution in [0.5, 0.6) is 0 Å². The van der Waals surface area contributed by atoms with Crippen molar-refractivity contribution in [3.63, 3.8) is 0 Å². The highest BCUT2D eigenvalue weighted by molar-refractivity contribution is 5.20. The summed E-state index contributed by atoms with van der Waals surface area (Å²) in [6.07, 6.45) is 5.34. The molecule has 1 aromatic heterocycles. The second kappa shape index (κ2) is 5.12. The van der Waals surface area contributed by atoms with Gasteiger partial charge in [0.2, 0.25) is 0 Å². The van der Waals surface area contributed by atoms with Crippen molar-refractivity contribution in [1.82, 2.24) is 15.2 Å². The molecule has 4 heteroatoms. The third kappa shape index (κ3) is 2.33. The lowest BCUT2D eigenvalue weighted by atomic mass is 10.0. The third-order valence-corrected chi connectivity index (χ3v) is 2.70. The van der Waals surface area contributed by atoms with Gasteiger partial charge in [-0.05, 0) is 13.3 Å². The molecule has 0 amide bonds. The van der Waals surface area contributed by atoms with Crippen LogP contribution < -0.4 is 11.3 Å². The molecule has 4 nitrogen and oxygen atoms in total. The molecule has 1 aromatic rings. The minimum absolute atomic E-state index is 0.239. The fourth-order valence-corrected chi connectivity index (χ4v) is 1.59. The number of nitrogens with one attached hydrogen (secondary N) is 1. The van der Waals surface area contributed by atoms with E-state index in [1.165, 1.54) is 24.1 Å². The minimum Gasteiger partial charge on any atom is -0.273 e. The van der Waals surface area contributed by atoms with Gasteiger partial charge in [0.25, 0.3) is 0 Å². The van der Waals surface area contributed by atoms with Gasteiger partial charge >= 0.3 is 0 Å². The predicted molar refractivity (Wildman–Crippen MR) is 57.5 cm³/mol. The molecule has 0 aliphatic carbocycles. The molecule has 0 spiro atoms. The average Bonchev–Trinajstić information content (AvgIpc) is 2.51. The first-order chi connectivity index (χ1) is 6.70. The number of hydrogen-bond acceptors (Lipinski definition) is 3. The van der Waals surface area contributed by atoms with E-state index in [0.29, 0.717) is 0 Å². The molecule has 0 fully saturated rings. The van der Waals surface area contributed by atoms with E-state index in [2.05, 4.69) is 24.4 Å². The van der Waals surface area contributed by atoms with Gasteiger partial charge in [-0.2, -0.15) is 5.10 Å². The maximum atomic E-state index is 5.54. The number of aryl methyl sites for hydroxylation is 1. The summed E-state index contributed by atoms with van der Waals surface area (Å²) in [5, 5.41) is 4.21. The van der Waals surface area contributed by atoms with E-state index in [1.54, 1.807) is 0 Å². The molecule has 80 valence electrons. The first-order valence-electron chi connectivity index (χ1n) is 5.15. The summed E-state index contributed by atoms with van der Waals surface area (Å²) in [4.78, 5) is 0. The van der Waals surface area contributed by atoms with Crippen LogP contribution in [0.15, 0.2) is 6.20 Å². The lowest BCUT2D eigenvalue weighted by molar-refractivity contribution is 0.492. The van der Waals surface area contributed by atoms with Crippen molar-refractivity contribution in [1.29, 1.82) is 0 Å². The van der Waals surface area contributed by atoms with Crippen molar-refractivity contribution in [2.75, 3.05) is 0 Å². The van der Waals surface area contributed by atoms with Crippen LogP contribution in [0.25, 0.3) is 0 Å². The van der Waals surface area contributed by atoms with Gasteiger partial charge in [0.1, 0.15) is 0 Å². The van der Waals surface area contributed by atoms with Gasteiger partial charge in [0, 0.05) is 24.3 Å². The van der Waals surface area contributed by atoms with Crippen molar-refractivity contribution in [3.05, 3.63) is 17.5 Å². The normalized spacial score (nSPS) is 13.1. The lowest BCUT2D eigenvalue weighted by Crippen LogP contribution is -2.28. The van der Waals surface area contributed by atoms with Crippen LogP contribution in [0, 0.1) is 6.92 Å². The Morgan fingerprint density at radius 2 is 2.36 bits per heavy atom. The summed E-state index contributed by atoms with van der Waals surface area (Å²) in [7, 11) is 1.95. The Labute approximate surface area is 85.5 Å². The number of unbranched alkanes of at least 4 members (excludes halogenated alkanes) is 1. The fraction of sp³-hybridized carbons (Fsp3) is 0.700. The molecule has 1 heterocycles. The number of aromatic nitrogens is 2. The number of hydrazine groups is 1. The first-order valence-corrected chi connectivity index (χ1v) is 5.15. The average molecular weight is 196 g/mol. The molecule has 0 radical (unpaired) electrons. The molecule has 0 bridgehead atoms. The first kappa shape index (κ1) is 11.2. The predicted octanol–water partition coefficient (Wildman–Crippen LogP) is 1.42. The molecular formula is C10H20N4. The van der Waals surface area contributed by atoms with Crippen LogP contribution in [0.1, 0.15) is 43.5 Å². The maximum absolute atomic E-state index is 5.54. The summed E-state index contributed by atoms with van der Waals surface area (Å²) >= 11 is 0. The molecule has 3 N–H and O–H groups in total. The Kier molecular flexibility index (Phi) is 4.10. The van der Waals surface area contributed by atoms with Crippen LogP contribution in [0.2, 0.25) is 0 Å². The van der Waals surface area contributed by atoms with Crippen LogP contribution >= 0.6 is 0 Å². The highest BCUT2D eigenvalue weighted by Gasteiger charge is 2.14. The Hall–Kier alpha value is -0.870. The van der Waals surface area contributed by atoms with Crippen LogP contribution in [0.3, 0.4) is 0 Å². The van der Waals surface area contributed by atoms with Crippen molar-refractivity contribution in [2.24, 2.45) is 12.9 Å². The SMILES string of the molecule is CCCCC(NN)c1cnn(C)c1C. The van der Waals surface area contributed by atoms with E-state index in [0.717, 1.165) is 6.42 Å². The van der Waals surface area contributed by atoms with Crippen molar-refractivity contribution >= 4 is 0 Å². The van der Waals surface area contributed by atoms with E-state index < -0.39 is 0 Å².